The molecule has 0 aliphatic carbocycles. The number of anilines is 2. The number of nitrogens with one attached hydrogen (secondary N) is 2. The van der Waals surface area contributed by atoms with Crippen LogP contribution in [0.3, 0.4) is 0 Å². The maximum atomic E-state index is 13.7. The molecule has 3 rings (SSSR count). The number of thioether (sulfide) groups is 1. The summed E-state index contributed by atoms with van der Waals surface area (Å²) < 4.78 is 40.7. The van der Waals surface area contributed by atoms with Gasteiger partial charge in [0.25, 0.3) is 10.0 Å². The van der Waals surface area contributed by atoms with Crippen LogP contribution < -0.4 is 10.0 Å². The summed E-state index contributed by atoms with van der Waals surface area (Å²) in [6.07, 6.45) is 1.50. The Morgan fingerprint density at radius 3 is 2.62 bits per heavy atom. The number of carbonyl (C=O) groups excluding carboxylic acids is 1. The van der Waals surface area contributed by atoms with Gasteiger partial charge in [-0.1, -0.05) is 17.7 Å². The topological polar surface area (TPSA) is 88.2 Å². The Kier molecular flexibility index (Phi) is 7.12. The number of rotatable bonds is 8. The van der Waals surface area contributed by atoms with Gasteiger partial charge in [0.05, 0.1) is 10.6 Å². The summed E-state index contributed by atoms with van der Waals surface area (Å²) in [6.45, 7) is 0. The van der Waals surface area contributed by atoms with Crippen molar-refractivity contribution in [1.29, 1.82) is 0 Å². The highest BCUT2D eigenvalue weighted by molar-refractivity contribution is 7.99. The lowest BCUT2D eigenvalue weighted by Crippen LogP contribution is -2.15. The Morgan fingerprint density at radius 1 is 1.21 bits per heavy atom. The molecule has 0 unspecified atom stereocenters. The van der Waals surface area contributed by atoms with Crippen molar-refractivity contribution in [2.45, 2.75) is 10.6 Å². The monoisotopic (exact) mass is 471 g/mol. The zero-order chi connectivity index (χ0) is 20.9. The number of nitrogens with zero attached hydrogens (tertiary/aromatic N) is 1. The van der Waals surface area contributed by atoms with E-state index in [9.17, 15) is 17.6 Å². The summed E-state index contributed by atoms with van der Waals surface area (Å²) in [4.78, 5) is 16.0. The van der Waals surface area contributed by atoms with Crippen LogP contribution in [0.25, 0.3) is 0 Å². The second-order valence-electron chi connectivity index (χ2n) is 5.71. The van der Waals surface area contributed by atoms with Gasteiger partial charge in [-0.3, -0.25) is 9.52 Å². The molecule has 0 saturated heterocycles. The van der Waals surface area contributed by atoms with Crippen molar-refractivity contribution in [2.75, 3.05) is 15.8 Å². The van der Waals surface area contributed by atoms with Gasteiger partial charge in [0.15, 0.2) is 5.13 Å². The average Bonchev–Trinajstić information content (AvgIpc) is 3.17. The van der Waals surface area contributed by atoms with E-state index in [0.29, 0.717) is 16.3 Å². The minimum atomic E-state index is -3.75. The van der Waals surface area contributed by atoms with E-state index in [2.05, 4.69) is 15.0 Å². The smallest absolute Gasteiger partial charge is 0.263 e. The van der Waals surface area contributed by atoms with Crippen molar-refractivity contribution in [3.8, 4) is 0 Å². The number of sulfonamides is 1. The largest absolute Gasteiger partial charge is 0.325 e. The highest BCUT2D eigenvalue weighted by Crippen LogP contribution is 2.24. The second-order valence-corrected chi connectivity index (χ2v) is 9.68. The van der Waals surface area contributed by atoms with Gasteiger partial charge in [-0.25, -0.2) is 17.8 Å². The molecule has 29 heavy (non-hydrogen) atoms. The van der Waals surface area contributed by atoms with Gasteiger partial charge in [-0.05, 0) is 36.4 Å². The van der Waals surface area contributed by atoms with Gasteiger partial charge in [0, 0.05) is 33.6 Å². The van der Waals surface area contributed by atoms with E-state index in [4.69, 9.17) is 11.6 Å². The van der Waals surface area contributed by atoms with Gasteiger partial charge in [0.1, 0.15) is 5.82 Å². The first-order chi connectivity index (χ1) is 13.8. The quantitative estimate of drug-likeness (QED) is 0.501. The van der Waals surface area contributed by atoms with Crippen LogP contribution in [-0.4, -0.2) is 25.1 Å². The van der Waals surface area contributed by atoms with E-state index >= 15 is 0 Å². The molecule has 0 aliphatic rings. The molecule has 152 valence electrons. The minimum absolute atomic E-state index is 0.0502. The molecule has 0 radical (unpaired) electrons. The number of hydrogen-bond acceptors (Lipinski definition) is 6. The molecule has 0 aliphatic heterocycles. The Morgan fingerprint density at radius 2 is 1.97 bits per heavy atom. The van der Waals surface area contributed by atoms with Crippen molar-refractivity contribution in [3.63, 3.8) is 0 Å². The fourth-order valence-corrected chi connectivity index (χ4v) is 5.23. The van der Waals surface area contributed by atoms with Gasteiger partial charge >= 0.3 is 0 Å². The van der Waals surface area contributed by atoms with Crippen LogP contribution in [-0.2, 0) is 20.6 Å². The molecule has 1 heterocycles. The lowest BCUT2D eigenvalue weighted by Gasteiger charge is -2.08. The molecule has 2 N–H and O–H groups in total. The fourth-order valence-electron chi connectivity index (χ4n) is 2.28. The molecular weight excluding hydrogens is 457 g/mol. The summed E-state index contributed by atoms with van der Waals surface area (Å²) >= 11 is 8.35. The standard InChI is InChI=1S/C18H15ClFN3O3S3/c19-15-2-1-3-16(20)14(15)10-27-11-17(24)22-12-4-6-13(7-5-12)29(25,26)23-18-21-8-9-28-18/h1-9H,10-11H2,(H,21,23)(H,22,24). The lowest BCUT2D eigenvalue weighted by atomic mass is 10.2. The molecule has 0 bridgehead atoms. The van der Waals surface area contributed by atoms with Gasteiger partial charge in [-0.2, -0.15) is 0 Å². The SMILES string of the molecule is O=C(CSCc1c(F)cccc1Cl)Nc1ccc(S(=O)(=O)Nc2nccs2)cc1. The zero-order valence-electron chi connectivity index (χ0n) is 14.8. The number of thiazole rings is 1. The Hall–Kier alpha value is -2.14. The third-order valence-electron chi connectivity index (χ3n) is 3.64. The molecule has 0 spiro atoms. The first-order valence-corrected chi connectivity index (χ1v) is 12.1. The van der Waals surface area contributed by atoms with Crippen LogP contribution in [0.4, 0.5) is 15.2 Å². The number of halogens is 2. The van der Waals surface area contributed by atoms with Crippen LogP contribution in [0.15, 0.2) is 58.9 Å². The highest BCUT2D eigenvalue weighted by atomic mass is 35.5. The average molecular weight is 472 g/mol. The molecule has 1 aromatic heterocycles. The fraction of sp³-hybridized carbons (Fsp3) is 0.111. The van der Waals surface area contributed by atoms with Crippen molar-refractivity contribution in [3.05, 3.63) is 70.4 Å². The first kappa shape index (κ1) is 21.6. The number of benzene rings is 2. The summed E-state index contributed by atoms with van der Waals surface area (Å²) in [5, 5.41) is 4.92. The van der Waals surface area contributed by atoms with Crippen molar-refractivity contribution < 1.29 is 17.6 Å². The number of amides is 1. The van der Waals surface area contributed by atoms with Crippen LogP contribution in [0.2, 0.25) is 5.02 Å². The van der Waals surface area contributed by atoms with Crippen LogP contribution >= 0.6 is 34.7 Å². The summed E-state index contributed by atoms with van der Waals surface area (Å²) in [6, 6.07) is 10.2. The van der Waals surface area contributed by atoms with Crippen molar-refractivity contribution in [2.24, 2.45) is 0 Å². The molecule has 6 nitrogen and oxygen atoms in total. The predicted octanol–water partition coefficient (Wildman–Crippen LogP) is 4.61. The van der Waals surface area contributed by atoms with Gasteiger partial charge in [-0.15, -0.1) is 23.1 Å². The van der Waals surface area contributed by atoms with E-state index < -0.39 is 15.8 Å². The zero-order valence-corrected chi connectivity index (χ0v) is 18.0. The Bertz CT molecular complexity index is 1070. The maximum absolute atomic E-state index is 13.7. The number of aromatic nitrogens is 1. The molecule has 0 fully saturated rings. The molecular formula is C18H15ClFN3O3S3. The first-order valence-electron chi connectivity index (χ1n) is 8.18. The normalized spacial score (nSPS) is 11.2. The minimum Gasteiger partial charge on any atom is -0.325 e. The van der Waals surface area contributed by atoms with Crippen LogP contribution in [0, 0.1) is 5.82 Å². The molecule has 11 heteroatoms. The molecule has 1 amide bonds. The number of hydrogen-bond donors (Lipinski definition) is 2. The van der Waals surface area contributed by atoms with Gasteiger partial charge in [0.2, 0.25) is 5.91 Å². The third kappa shape index (κ3) is 5.92. The van der Waals surface area contributed by atoms with E-state index in [1.165, 1.54) is 65.7 Å². The van der Waals surface area contributed by atoms with E-state index in [0.717, 1.165) is 0 Å². The second kappa shape index (κ2) is 9.57. The molecule has 0 atom stereocenters. The lowest BCUT2D eigenvalue weighted by molar-refractivity contribution is -0.113. The molecule has 0 saturated carbocycles. The van der Waals surface area contributed by atoms with Crippen LogP contribution in [0.5, 0.6) is 0 Å². The van der Waals surface area contributed by atoms with Crippen molar-refractivity contribution in [1.82, 2.24) is 4.98 Å². The summed E-state index contributed by atoms with van der Waals surface area (Å²) in [5.41, 5.74) is 0.807. The van der Waals surface area contributed by atoms with Gasteiger partial charge < -0.3 is 5.32 Å². The van der Waals surface area contributed by atoms with Crippen molar-refractivity contribution >= 4 is 61.4 Å². The van der Waals surface area contributed by atoms with E-state index in [-0.39, 0.29) is 27.4 Å². The maximum Gasteiger partial charge on any atom is 0.263 e. The summed E-state index contributed by atoms with van der Waals surface area (Å²) in [5.74, 6) is -0.345. The van der Waals surface area contributed by atoms with E-state index in [1.807, 2.05) is 0 Å². The predicted molar refractivity (Wildman–Crippen MR) is 116 cm³/mol. The Balaban J connectivity index is 1.53. The van der Waals surface area contributed by atoms with Crippen LogP contribution in [0.1, 0.15) is 5.56 Å². The molecule has 2 aromatic carbocycles. The molecule has 3 aromatic rings. The highest BCUT2D eigenvalue weighted by Gasteiger charge is 2.15. The third-order valence-corrected chi connectivity index (χ3v) is 7.13. The van der Waals surface area contributed by atoms with E-state index in [1.54, 1.807) is 11.4 Å². The summed E-state index contributed by atoms with van der Waals surface area (Å²) in [7, 11) is -3.75. The Labute approximate surface area is 180 Å². The number of carbonyl (C=O) groups is 1.